The normalized spacial score (nSPS) is 10.6. The van der Waals surface area contributed by atoms with Crippen molar-refractivity contribution in [3.05, 3.63) is 50.7 Å². The summed E-state index contributed by atoms with van der Waals surface area (Å²) in [6.45, 7) is 3.93. The Kier molecular flexibility index (Phi) is 4.02. The van der Waals surface area contributed by atoms with Gasteiger partial charge in [0.25, 0.3) is 5.91 Å². The molecule has 1 heterocycles. The van der Waals surface area contributed by atoms with Crippen LogP contribution in [0.4, 0.5) is 5.69 Å². The summed E-state index contributed by atoms with van der Waals surface area (Å²) in [6.07, 6.45) is 1.71. The lowest BCUT2D eigenvalue weighted by atomic mass is 10.1. The highest BCUT2D eigenvalue weighted by Gasteiger charge is 2.14. The molecule has 0 aliphatic carbocycles. The van der Waals surface area contributed by atoms with Crippen molar-refractivity contribution >= 4 is 39.1 Å². The summed E-state index contributed by atoms with van der Waals surface area (Å²) >= 11 is 9.33. The number of carbonyl (C=O) groups is 1. The predicted molar refractivity (Wildman–Crippen MR) is 82.0 cm³/mol. The van der Waals surface area contributed by atoms with Crippen molar-refractivity contribution in [2.75, 3.05) is 5.32 Å². The Balaban J connectivity index is 2.32. The number of carbonyl (C=O) groups excluding carboxylic acids is 1. The molecule has 1 aromatic heterocycles. The molecular weight excluding hydrogens is 328 g/mol. The molecule has 100 valence electrons. The molecule has 0 atom stereocenters. The average Bonchev–Trinajstić information content (AvgIpc) is 2.62. The Morgan fingerprint density at radius 2 is 1.84 bits per heavy atom. The molecule has 0 spiro atoms. The number of aryl methyl sites for hydroxylation is 3. The lowest BCUT2D eigenvalue weighted by Gasteiger charge is -2.12. The molecule has 19 heavy (non-hydrogen) atoms. The van der Waals surface area contributed by atoms with Crippen molar-refractivity contribution in [1.82, 2.24) is 4.57 Å². The van der Waals surface area contributed by atoms with E-state index in [1.165, 1.54) is 0 Å². The van der Waals surface area contributed by atoms with Gasteiger partial charge in [0.2, 0.25) is 0 Å². The van der Waals surface area contributed by atoms with Crippen LogP contribution in [-0.2, 0) is 7.05 Å². The number of halogens is 2. The summed E-state index contributed by atoms with van der Waals surface area (Å²) in [6, 6.07) is 5.60. The van der Waals surface area contributed by atoms with E-state index >= 15 is 0 Å². The van der Waals surface area contributed by atoms with Gasteiger partial charge in [-0.05, 0) is 43.2 Å². The number of nitrogens with zero attached hydrogens (tertiary/aromatic N) is 1. The maximum atomic E-state index is 12.2. The minimum absolute atomic E-state index is 0.164. The van der Waals surface area contributed by atoms with E-state index in [1.807, 2.05) is 26.0 Å². The molecule has 0 unspecified atom stereocenters. The van der Waals surface area contributed by atoms with Crippen LogP contribution >= 0.6 is 27.5 Å². The maximum Gasteiger partial charge on any atom is 0.272 e. The number of hydrogen-bond acceptors (Lipinski definition) is 1. The van der Waals surface area contributed by atoms with Gasteiger partial charge in [-0.15, -0.1) is 0 Å². The third kappa shape index (κ3) is 3.01. The fourth-order valence-electron chi connectivity index (χ4n) is 2.04. The highest BCUT2D eigenvalue weighted by molar-refractivity contribution is 9.10. The lowest BCUT2D eigenvalue weighted by Crippen LogP contribution is -2.16. The number of rotatable bonds is 2. The van der Waals surface area contributed by atoms with E-state index in [4.69, 9.17) is 11.6 Å². The van der Waals surface area contributed by atoms with Crippen molar-refractivity contribution in [2.24, 2.45) is 7.05 Å². The minimum Gasteiger partial charge on any atom is -0.345 e. The number of hydrogen-bond donors (Lipinski definition) is 1. The molecule has 2 aromatic rings. The number of benzene rings is 1. The van der Waals surface area contributed by atoms with Gasteiger partial charge in [0, 0.05) is 23.4 Å². The van der Waals surface area contributed by atoms with Crippen LogP contribution in [-0.4, -0.2) is 10.5 Å². The van der Waals surface area contributed by atoms with Crippen molar-refractivity contribution in [1.29, 1.82) is 0 Å². The van der Waals surface area contributed by atoms with Crippen LogP contribution in [0.5, 0.6) is 0 Å². The molecule has 0 bridgehead atoms. The molecule has 0 aliphatic heterocycles. The monoisotopic (exact) mass is 340 g/mol. The molecular formula is C14H14BrClN2O. The van der Waals surface area contributed by atoms with Crippen molar-refractivity contribution in [3.63, 3.8) is 0 Å². The number of aromatic nitrogens is 1. The molecule has 2 rings (SSSR count). The highest BCUT2D eigenvalue weighted by Crippen LogP contribution is 2.26. The van der Waals surface area contributed by atoms with Gasteiger partial charge in [-0.3, -0.25) is 4.79 Å². The Labute approximate surface area is 125 Å². The molecule has 0 saturated heterocycles. The van der Waals surface area contributed by atoms with Crippen LogP contribution < -0.4 is 5.32 Å². The van der Waals surface area contributed by atoms with Crippen molar-refractivity contribution < 1.29 is 4.79 Å². The van der Waals surface area contributed by atoms with Crippen molar-refractivity contribution in [3.8, 4) is 0 Å². The summed E-state index contributed by atoms with van der Waals surface area (Å²) < 4.78 is 2.71. The van der Waals surface area contributed by atoms with Gasteiger partial charge in [-0.1, -0.05) is 27.5 Å². The first-order valence-electron chi connectivity index (χ1n) is 5.78. The first kappa shape index (κ1) is 14.2. The molecule has 0 saturated carbocycles. The topological polar surface area (TPSA) is 34.0 Å². The SMILES string of the molecule is Cc1cc(Br)cc(C)c1NC(=O)c1cc(Cl)cn1C. The smallest absolute Gasteiger partial charge is 0.272 e. The zero-order valence-corrected chi connectivity index (χ0v) is 13.3. The number of amides is 1. The van der Waals surface area contributed by atoms with E-state index in [0.717, 1.165) is 21.3 Å². The van der Waals surface area contributed by atoms with Gasteiger partial charge in [0.05, 0.1) is 5.02 Å². The summed E-state index contributed by atoms with van der Waals surface area (Å²) in [5, 5.41) is 3.49. The maximum absolute atomic E-state index is 12.2. The van der Waals surface area contributed by atoms with Crippen LogP contribution in [0.2, 0.25) is 5.02 Å². The first-order chi connectivity index (χ1) is 8.88. The van der Waals surface area contributed by atoms with Crippen LogP contribution in [0.3, 0.4) is 0 Å². The summed E-state index contributed by atoms with van der Waals surface area (Å²) in [7, 11) is 1.79. The molecule has 5 heteroatoms. The van der Waals surface area contributed by atoms with Gasteiger partial charge in [-0.2, -0.15) is 0 Å². The second-order valence-electron chi connectivity index (χ2n) is 4.52. The van der Waals surface area contributed by atoms with Gasteiger partial charge >= 0.3 is 0 Å². The standard InChI is InChI=1S/C14H14BrClN2O/c1-8-4-10(15)5-9(2)13(8)17-14(19)12-6-11(16)7-18(12)3/h4-7H,1-3H3,(H,17,19). The van der Waals surface area contributed by atoms with E-state index < -0.39 is 0 Å². The van der Waals surface area contributed by atoms with E-state index in [9.17, 15) is 4.79 Å². The Morgan fingerprint density at radius 1 is 1.26 bits per heavy atom. The zero-order valence-electron chi connectivity index (χ0n) is 10.9. The second-order valence-corrected chi connectivity index (χ2v) is 5.88. The van der Waals surface area contributed by atoms with Gasteiger partial charge in [0.15, 0.2) is 0 Å². The summed E-state index contributed by atoms with van der Waals surface area (Å²) in [5.41, 5.74) is 3.40. The quantitative estimate of drug-likeness (QED) is 0.867. The van der Waals surface area contributed by atoms with E-state index in [0.29, 0.717) is 10.7 Å². The second kappa shape index (κ2) is 5.39. The Hall–Kier alpha value is -1.26. The van der Waals surface area contributed by atoms with Crippen LogP contribution in [0, 0.1) is 13.8 Å². The lowest BCUT2D eigenvalue weighted by molar-refractivity contribution is 0.101. The molecule has 0 radical (unpaired) electrons. The minimum atomic E-state index is -0.164. The third-order valence-electron chi connectivity index (χ3n) is 2.94. The van der Waals surface area contributed by atoms with Gasteiger partial charge < -0.3 is 9.88 Å². The Bertz CT molecular complexity index is 626. The number of anilines is 1. The van der Waals surface area contributed by atoms with E-state index in [2.05, 4.69) is 21.2 Å². The fraction of sp³-hybridized carbons (Fsp3) is 0.214. The number of nitrogens with one attached hydrogen (secondary N) is 1. The fourth-order valence-corrected chi connectivity index (χ4v) is 2.97. The van der Waals surface area contributed by atoms with Crippen LogP contribution in [0.15, 0.2) is 28.9 Å². The zero-order chi connectivity index (χ0) is 14.2. The first-order valence-corrected chi connectivity index (χ1v) is 6.95. The summed E-state index contributed by atoms with van der Waals surface area (Å²) in [5.74, 6) is -0.164. The van der Waals surface area contributed by atoms with Crippen LogP contribution in [0.25, 0.3) is 0 Å². The molecule has 1 aromatic carbocycles. The van der Waals surface area contributed by atoms with Gasteiger partial charge in [0.1, 0.15) is 5.69 Å². The Morgan fingerprint density at radius 3 is 2.32 bits per heavy atom. The molecule has 1 N–H and O–H groups in total. The van der Waals surface area contributed by atoms with E-state index in [-0.39, 0.29) is 5.91 Å². The van der Waals surface area contributed by atoms with Gasteiger partial charge in [-0.25, -0.2) is 0 Å². The predicted octanol–water partition coefficient (Wildman–Crippen LogP) is 4.31. The molecule has 0 fully saturated rings. The highest BCUT2D eigenvalue weighted by atomic mass is 79.9. The largest absolute Gasteiger partial charge is 0.345 e. The average molecular weight is 342 g/mol. The van der Waals surface area contributed by atoms with Crippen molar-refractivity contribution in [2.45, 2.75) is 13.8 Å². The summed E-state index contributed by atoms with van der Waals surface area (Å²) in [4.78, 5) is 12.2. The molecule has 0 aliphatic rings. The molecule has 3 nitrogen and oxygen atoms in total. The van der Waals surface area contributed by atoms with Crippen LogP contribution in [0.1, 0.15) is 21.6 Å². The third-order valence-corrected chi connectivity index (χ3v) is 3.60. The van der Waals surface area contributed by atoms with E-state index in [1.54, 1.807) is 23.9 Å². The molecule has 1 amide bonds.